The predicted molar refractivity (Wildman–Crippen MR) is 65.2 cm³/mol. The minimum absolute atomic E-state index is 0.345. The molecule has 1 saturated carbocycles. The van der Waals surface area contributed by atoms with E-state index in [1.165, 1.54) is 12.8 Å². The molecule has 0 bridgehead atoms. The number of hydrogen-bond donors (Lipinski definition) is 1. The highest BCUT2D eigenvalue weighted by molar-refractivity contribution is 5.79. The van der Waals surface area contributed by atoms with Gasteiger partial charge in [-0.15, -0.1) is 0 Å². The second kappa shape index (κ2) is 5.17. The van der Waals surface area contributed by atoms with E-state index in [9.17, 15) is 4.79 Å². The number of nitrogens with zero attached hydrogens (tertiary/aromatic N) is 1. The summed E-state index contributed by atoms with van der Waals surface area (Å²) >= 11 is 0. The molecule has 1 N–H and O–H groups in total. The van der Waals surface area contributed by atoms with Crippen molar-refractivity contribution < 1.29 is 4.79 Å². The highest BCUT2D eigenvalue weighted by atomic mass is 16.2. The molecule has 1 heterocycles. The molecule has 0 aromatic carbocycles. The maximum Gasteiger partial charge on any atom is 0.225 e. The van der Waals surface area contributed by atoms with E-state index in [4.69, 9.17) is 0 Å². The van der Waals surface area contributed by atoms with E-state index < -0.39 is 0 Å². The smallest absolute Gasteiger partial charge is 0.225 e. The van der Waals surface area contributed by atoms with Gasteiger partial charge >= 0.3 is 0 Å². The Morgan fingerprint density at radius 1 is 1.25 bits per heavy atom. The average molecular weight is 224 g/mol. The van der Waals surface area contributed by atoms with E-state index in [-0.39, 0.29) is 0 Å². The van der Waals surface area contributed by atoms with Gasteiger partial charge in [-0.1, -0.05) is 26.7 Å². The molecule has 1 saturated heterocycles. The average Bonchev–Trinajstić information content (AvgIpc) is 2.84. The summed E-state index contributed by atoms with van der Waals surface area (Å²) in [5, 5.41) is 3.52. The van der Waals surface area contributed by atoms with Gasteiger partial charge < -0.3 is 10.2 Å². The summed E-state index contributed by atoms with van der Waals surface area (Å²) in [5.74, 6) is 0.767. The van der Waals surface area contributed by atoms with Crippen molar-refractivity contribution in [1.29, 1.82) is 0 Å². The summed E-state index contributed by atoms with van der Waals surface area (Å²) in [4.78, 5) is 14.3. The van der Waals surface area contributed by atoms with Crippen molar-refractivity contribution in [2.75, 3.05) is 13.1 Å². The molecule has 0 spiro atoms. The fourth-order valence-electron chi connectivity index (χ4n) is 3.00. The van der Waals surface area contributed by atoms with Crippen molar-refractivity contribution in [3.05, 3.63) is 0 Å². The van der Waals surface area contributed by atoms with Crippen molar-refractivity contribution in [3.63, 3.8) is 0 Å². The standard InChI is InChI=1S/C13H24N2O/c1-10(2)14-12-7-8-15(9-12)13(16)11-5-3-4-6-11/h10-12,14H,3-9H2,1-2H3. The summed E-state index contributed by atoms with van der Waals surface area (Å²) in [6, 6.07) is 1.04. The SMILES string of the molecule is CC(C)NC1CCN(C(=O)C2CCCC2)C1. The molecule has 0 aromatic rings. The molecule has 16 heavy (non-hydrogen) atoms. The zero-order chi connectivity index (χ0) is 11.5. The second-order valence-electron chi connectivity index (χ2n) is 5.57. The molecule has 2 rings (SSSR count). The van der Waals surface area contributed by atoms with E-state index in [0.29, 0.717) is 23.9 Å². The molecule has 0 aromatic heterocycles. The van der Waals surface area contributed by atoms with E-state index in [2.05, 4.69) is 24.1 Å². The van der Waals surface area contributed by atoms with Gasteiger partial charge in [-0.3, -0.25) is 4.79 Å². The first-order valence-corrected chi connectivity index (χ1v) is 6.71. The van der Waals surface area contributed by atoms with Crippen LogP contribution in [0.4, 0.5) is 0 Å². The Labute approximate surface area is 98.6 Å². The van der Waals surface area contributed by atoms with Gasteiger partial charge in [-0.25, -0.2) is 0 Å². The Bertz CT molecular complexity index is 246. The first-order valence-electron chi connectivity index (χ1n) is 6.71. The van der Waals surface area contributed by atoms with Gasteiger partial charge in [0, 0.05) is 31.1 Å². The Hall–Kier alpha value is -0.570. The number of amides is 1. The lowest BCUT2D eigenvalue weighted by Crippen LogP contribution is -2.39. The van der Waals surface area contributed by atoms with E-state index in [0.717, 1.165) is 32.4 Å². The van der Waals surface area contributed by atoms with Gasteiger partial charge in [-0.2, -0.15) is 0 Å². The van der Waals surface area contributed by atoms with E-state index in [1.54, 1.807) is 0 Å². The van der Waals surface area contributed by atoms with Crippen molar-refractivity contribution in [2.24, 2.45) is 5.92 Å². The van der Waals surface area contributed by atoms with Gasteiger partial charge in [0.15, 0.2) is 0 Å². The normalized spacial score (nSPS) is 26.9. The second-order valence-corrected chi connectivity index (χ2v) is 5.57. The molecule has 3 heteroatoms. The van der Waals surface area contributed by atoms with Crippen LogP contribution in [0.25, 0.3) is 0 Å². The first-order chi connectivity index (χ1) is 7.66. The molecule has 1 unspecified atom stereocenters. The summed E-state index contributed by atoms with van der Waals surface area (Å²) < 4.78 is 0. The molecule has 2 aliphatic rings. The van der Waals surface area contributed by atoms with Crippen molar-refractivity contribution in [3.8, 4) is 0 Å². The van der Waals surface area contributed by atoms with Crippen LogP contribution < -0.4 is 5.32 Å². The van der Waals surface area contributed by atoms with Crippen LogP contribution in [0.5, 0.6) is 0 Å². The van der Waals surface area contributed by atoms with Crippen LogP contribution in [0.1, 0.15) is 46.0 Å². The lowest BCUT2D eigenvalue weighted by molar-refractivity contribution is -0.134. The van der Waals surface area contributed by atoms with E-state index >= 15 is 0 Å². The predicted octanol–water partition coefficient (Wildman–Crippen LogP) is 1.78. The van der Waals surface area contributed by atoms with Gasteiger partial charge in [0.2, 0.25) is 5.91 Å². The van der Waals surface area contributed by atoms with Crippen LogP contribution >= 0.6 is 0 Å². The highest BCUT2D eigenvalue weighted by Crippen LogP contribution is 2.27. The molecule has 1 aliphatic carbocycles. The Balaban J connectivity index is 1.81. The van der Waals surface area contributed by atoms with Crippen LogP contribution in [-0.2, 0) is 4.79 Å². The van der Waals surface area contributed by atoms with Gasteiger partial charge in [0.05, 0.1) is 0 Å². The molecular weight excluding hydrogens is 200 g/mol. The van der Waals surface area contributed by atoms with Crippen molar-refractivity contribution >= 4 is 5.91 Å². The highest BCUT2D eigenvalue weighted by Gasteiger charge is 2.32. The Kier molecular flexibility index (Phi) is 3.85. The van der Waals surface area contributed by atoms with Crippen LogP contribution in [0.3, 0.4) is 0 Å². The first kappa shape index (κ1) is 11.9. The maximum absolute atomic E-state index is 12.2. The molecule has 92 valence electrons. The monoisotopic (exact) mass is 224 g/mol. The molecule has 0 radical (unpaired) electrons. The fourth-order valence-corrected chi connectivity index (χ4v) is 3.00. The number of carbonyl (C=O) groups is 1. The van der Waals surface area contributed by atoms with Crippen molar-refractivity contribution in [1.82, 2.24) is 10.2 Å². The number of likely N-dealkylation sites (tertiary alicyclic amines) is 1. The van der Waals surface area contributed by atoms with Crippen LogP contribution in [0.2, 0.25) is 0 Å². The Morgan fingerprint density at radius 2 is 1.94 bits per heavy atom. The minimum Gasteiger partial charge on any atom is -0.341 e. The number of nitrogens with one attached hydrogen (secondary N) is 1. The zero-order valence-electron chi connectivity index (χ0n) is 10.5. The largest absolute Gasteiger partial charge is 0.341 e. The van der Waals surface area contributed by atoms with E-state index in [1.807, 2.05) is 0 Å². The van der Waals surface area contributed by atoms with Gasteiger partial charge in [0.25, 0.3) is 0 Å². The fraction of sp³-hybridized carbons (Fsp3) is 0.923. The molecule has 1 aliphatic heterocycles. The quantitative estimate of drug-likeness (QED) is 0.792. The minimum atomic E-state index is 0.345. The third kappa shape index (κ3) is 2.76. The van der Waals surface area contributed by atoms with Crippen LogP contribution in [-0.4, -0.2) is 36.0 Å². The molecule has 1 amide bonds. The Morgan fingerprint density at radius 3 is 2.56 bits per heavy atom. The molecule has 1 atom stereocenters. The third-order valence-electron chi connectivity index (χ3n) is 3.77. The topological polar surface area (TPSA) is 32.3 Å². The lowest BCUT2D eigenvalue weighted by atomic mass is 10.1. The summed E-state index contributed by atoms with van der Waals surface area (Å²) in [6.07, 6.45) is 5.86. The lowest BCUT2D eigenvalue weighted by Gasteiger charge is -2.21. The number of rotatable bonds is 3. The summed E-state index contributed by atoms with van der Waals surface area (Å²) in [5.41, 5.74) is 0. The molecular formula is C13H24N2O. The summed E-state index contributed by atoms with van der Waals surface area (Å²) in [7, 11) is 0. The van der Waals surface area contributed by atoms with Crippen LogP contribution in [0.15, 0.2) is 0 Å². The van der Waals surface area contributed by atoms with Crippen LogP contribution in [0, 0.1) is 5.92 Å². The number of hydrogen-bond acceptors (Lipinski definition) is 2. The zero-order valence-corrected chi connectivity index (χ0v) is 10.5. The molecule has 3 nitrogen and oxygen atoms in total. The van der Waals surface area contributed by atoms with Gasteiger partial charge in [-0.05, 0) is 19.3 Å². The van der Waals surface area contributed by atoms with Crippen molar-refractivity contribution in [2.45, 2.75) is 58.0 Å². The van der Waals surface area contributed by atoms with Gasteiger partial charge in [0.1, 0.15) is 0 Å². The molecule has 2 fully saturated rings. The summed E-state index contributed by atoms with van der Waals surface area (Å²) in [6.45, 7) is 6.22. The third-order valence-corrected chi connectivity index (χ3v) is 3.77. The maximum atomic E-state index is 12.2. The number of carbonyl (C=O) groups excluding carboxylic acids is 1.